The molecule has 2 aromatic rings. The van der Waals surface area contributed by atoms with Gasteiger partial charge in [-0.2, -0.15) is 13.2 Å². The van der Waals surface area contributed by atoms with Gasteiger partial charge in [0.15, 0.2) is 5.82 Å². The number of amides is 1. The quantitative estimate of drug-likeness (QED) is 0.661. The number of phenolic OH excluding ortho intramolecular Hbond substituents is 1. The van der Waals surface area contributed by atoms with Crippen LogP contribution in [0.5, 0.6) is 5.75 Å². The third-order valence-electron chi connectivity index (χ3n) is 4.14. The average molecular weight is 390 g/mol. The lowest BCUT2D eigenvalue weighted by molar-refractivity contribution is -0.126. The highest BCUT2D eigenvalue weighted by Gasteiger charge is 2.29. The molecule has 146 valence electrons. The molecule has 3 rings (SSSR count). The maximum absolute atomic E-state index is 12.1. The van der Waals surface area contributed by atoms with Gasteiger partial charge in [0, 0.05) is 11.1 Å². The normalized spacial score (nSPS) is 13.8. The molecule has 1 amide bonds. The Balaban J connectivity index is 1.77. The van der Waals surface area contributed by atoms with Crippen LogP contribution in [-0.4, -0.2) is 40.5 Å². The van der Waals surface area contributed by atoms with E-state index in [2.05, 4.69) is 21.4 Å². The van der Waals surface area contributed by atoms with Gasteiger partial charge >= 0.3 is 6.18 Å². The van der Waals surface area contributed by atoms with Gasteiger partial charge in [-0.3, -0.25) is 4.79 Å². The largest absolute Gasteiger partial charge is 0.507 e. The van der Waals surface area contributed by atoms with Gasteiger partial charge in [0.05, 0.1) is 13.1 Å². The van der Waals surface area contributed by atoms with E-state index in [1.807, 2.05) is 5.32 Å². The van der Waals surface area contributed by atoms with Crippen LogP contribution in [0.25, 0.3) is 11.3 Å². The molecule has 0 saturated heterocycles. The van der Waals surface area contributed by atoms with Crippen LogP contribution in [0.4, 0.5) is 19.0 Å². The summed E-state index contributed by atoms with van der Waals surface area (Å²) in [6, 6.07) is 6.42. The fourth-order valence-electron chi connectivity index (χ4n) is 2.71. The minimum atomic E-state index is -4.39. The Labute approximate surface area is 159 Å². The molecule has 28 heavy (non-hydrogen) atoms. The lowest BCUT2D eigenvalue weighted by Gasteiger charge is -2.12. The second-order valence-corrected chi connectivity index (χ2v) is 6.45. The molecule has 0 atom stereocenters. The highest BCUT2D eigenvalue weighted by Crippen LogP contribution is 2.45. The van der Waals surface area contributed by atoms with E-state index in [1.165, 1.54) is 6.07 Å². The van der Waals surface area contributed by atoms with E-state index in [0.29, 0.717) is 16.8 Å². The molecule has 1 fully saturated rings. The summed E-state index contributed by atoms with van der Waals surface area (Å²) in [6.45, 7) is -1.76. The number of carbonyl (C=O) groups excluding carboxylic acids is 1. The zero-order valence-corrected chi connectivity index (χ0v) is 14.7. The molecule has 0 radical (unpaired) electrons. The molecule has 1 saturated carbocycles. The number of aromatic hydroxyl groups is 1. The van der Waals surface area contributed by atoms with Gasteiger partial charge in [0.1, 0.15) is 11.4 Å². The van der Waals surface area contributed by atoms with Crippen LogP contribution < -0.4 is 10.6 Å². The van der Waals surface area contributed by atoms with Gasteiger partial charge in [-0.25, -0.2) is 0 Å². The first-order valence-electron chi connectivity index (χ1n) is 8.52. The number of rotatable bonds is 6. The number of nitrogens with zero attached hydrogens (tertiary/aromatic N) is 2. The van der Waals surface area contributed by atoms with Crippen LogP contribution >= 0.6 is 0 Å². The van der Waals surface area contributed by atoms with Crippen LogP contribution in [-0.2, 0) is 4.79 Å². The monoisotopic (exact) mass is 390 g/mol. The van der Waals surface area contributed by atoms with Crippen molar-refractivity contribution in [3.8, 4) is 29.4 Å². The molecule has 1 aromatic heterocycles. The minimum Gasteiger partial charge on any atom is -0.507 e. The van der Waals surface area contributed by atoms with E-state index in [1.54, 1.807) is 18.2 Å². The van der Waals surface area contributed by atoms with Crippen LogP contribution in [0.3, 0.4) is 0 Å². The average Bonchev–Trinajstić information content (AvgIpc) is 3.46. The number of carbonyl (C=O) groups is 1. The fraction of sp³-hybridized carbons (Fsp3) is 0.316. The molecule has 1 aliphatic carbocycles. The van der Waals surface area contributed by atoms with Crippen LogP contribution in [0.15, 0.2) is 24.3 Å². The van der Waals surface area contributed by atoms with Gasteiger partial charge in [0.2, 0.25) is 5.91 Å². The zero-order chi connectivity index (χ0) is 20.3. The Morgan fingerprint density at radius 1 is 1.29 bits per heavy atom. The maximum Gasteiger partial charge on any atom is 0.401 e. The Bertz CT molecular complexity index is 934. The molecule has 0 unspecified atom stereocenters. The Morgan fingerprint density at radius 2 is 2.04 bits per heavy atom. The third kappa shape index (κ3) is 4.98. The van der Waals surface area contributed by atoms with Crippen molar-refractivity contribution in [1.29, 1.82) is 0 Å². The first-order valence-corrected chi connectivity index (χ1v) is 8.52. The molecule has 0 aliphatic heterocycles. The van der Waals surface area contributed by atoms with E-state index in [0.717, 1.165) is 18.4 Å². The number of halogens is 3. The van der Waals surface area contributed by atoms with Crippen LogP contribution in [0, 0.1) is 12.3 Å². The second-order valence-electron chi connectivity index (χ2n) is 6.45. The zero-order valence-electron chi connectivity index (χ0n) is 14.7. The summed E-state index contributed by atoms with van der Waals surface area (Å²) in [5.74, 6) is 2.11. The molecule has 6 nitrogen and oxygen atoms in total. The summed E-state index contributed by atoms with van der Waals surface area (Å²) in [4.78, 5) is 11.8. The highest BCUT2D eigenvalue weighted by atomic mass is 19.4. The molecule has 0 spiro atoms. The number of hydrogen-bond acceptors (Lipinski definition) is 5. The number of aromatic nitrogens is 2. The smallest absolute Gasteiger partial charge is 0.401 e. The number of hydrogen-bond donors (Lipinski definition) is 3. The van der Waals surface area contributed by atoms with Crippen molar-refractivity contribution < 1.29 is 23.1 Å². The SMILES string of the molecule is C#Cc1ccc(-c2nnc(NC(=O)CNCC(F)(F)F)cc2C2CC2)c(O)c1. The number of phenols is 1. The predicted octanol–water partition coefficient (Wildman–Crippen LogP) is 2.80. The Hall–Kier alpha value is -3.12. The minimum absolute atomic E-state index is 0.0280. The topological polar surface area (TPSA) is 87.1 Å². The molecule has 1 aromatic carbocycles. The summed E-state index contributed by atoms with van der Waals surface area (Å²) in [7, 11) is 0. The summed E-state index contributed by atoms with van der Waals surface area (Å²) >= 11 is 0. The van der Waals surface area contributed by atoms with Crippen molar-refractivity contribution >= 4 is 11.7 Å². The Morgan fingerprint density at radius 3 is 2.64 bits per heavy atom. The van der Waals surface area contributed by atoms with E-state index >= 15 is 0 Å². The van der Waals surface area contributed by atoms with Crippen molar-refractivity contribution in [1.82, 2.24) is 15.5 Å². The first kappa shape index (κ1) is 19.6. The van der Waals surface area contributed by atoms with Gasteiger partial charge in [-0.1, -0.05) is 5.92 Å². The van der Waals surface area contributed by atoms with Crippen LogP contribution in [0.2, 0.25) is 0 Å². The van der Waals surface area contributed by atoms with Crippen molar-refractivity contribution in [3.05, 3.63) is 35.4 Å². The van der Waals surface area contributed by atoms with Gasteiger partial charge in [0.25, 0.3) is 0 Å². The molecule has 1 heterocycles. The molecule has 1 aliphatic rings. The second kappa shape index (κ2) is 7.86. The van der Waals surface area contributed by atoms with E-state index < -0.39 is 25.2 Å². The third-order valence-corrected chi connectivity index (χ3v) is 4.14. The summed E-state index contributed by atoms with van der Waals surface area (Å²) in [6.07, 6.45) is 2.80. The van der Waals surface area contributed by atoms with E-state index in [9.17, 15) is 23.1 Å². The number of terminal acetylenes is 1. The summed E-state index contributed by atoms with van der Waals surface area (Å²) < 4.78 is 36.4. The van der Waals surface area contributed by atoms with Crippen molar-refractivity contribution in [2.45, 2.75) is 24.9 Å². The summed E-state index contributed by atoms with van der Waals surface area (Å²) in [5.41, 5.74) is 2.28. The first-order chi connectivity index (χ1) is 13.3. The molecule has 9 heteroatoms. The number of anilines is 1. The highest BCUT2D eigenvalue weighted by molar-refractivity contribution is 5.91. The predicted molar refractivity (Wildman–Crippen MR) is 96.6 cm³/mol. The van der Waals surface area contributed by atoms with Crippen LogP contribution in [0.1, 0.15) is 29.9 Å². The number of alkyl halides is 3. The van der Waals surface area contributed by atoms with Crippen molar-refractivity contribution in [2.75, 3.05) is 18.4 Å². The maximum atomic E-state index is 12.1. The van der Waals surface area contributed by atoms with E-state index in [4.69, 9.17) is 6.42 Å². The number of benzene rings is 1. The van der Waals surface area contributed by atoms with E-state index in [-0.39, 0.29) is 17.5 Å². The van der Waals surface area contributed by atoms with Crippen molar-refractivity contribution in [3.63, 3.8) is 0 Å². The molecule has 3 N–H and O–H groups in total. The van der Waals surface area contributed by atoms with Gasteiger partial charge in [-0.05, 0) is 48.6 Å². The molecular weight excluding hydrogens is 373 g/mol. The molecule has 0 bridgehead atoms. The lowest BCUT2D eigenvalue weighted by atomic mass is 10.0. The standard InChI is InChI=1S/C19H17F3N4O2/c1-2-11-3-6-13(15(27)7-11)18-14(12-4-5-12)8-16(25-26-18)24-17(28)9-23-10-19(20,21)22/h1,3,6-8,12,23,27H,4-5,9-10H2,(H,24,25,28). The summed E-state index contributed by atoms with van der Waals surface area (Å²) in [5, 5.41) is 22.7. The molecular formula is C19H17F3N4O2. The Kier molecular flexibility index (Phi) is 5.51. The van der Waals surface area contributed by atoms with Crippen molar-refractivity contribution in [2.24, 2.45) is 0 Å². The number of nitrogens with one attached hydrogen (secondary N) is 2. The van der Waals surface area contributed by atoms with Gasteiger partial charge < -0.3 is 15.7 Å². The fourth-order valence-corrected chi connectivity index (χ4v) is 2.71. The lowest BCUT2D eigenvalue weighted by Crippen LogP contribution is -2.35. The van der Waals surface area contributed by atoms with Gasteiger partial charge in [-0.15, -0.1) is 16.6 Å².